The summed E-state index contributed by atoms with van der Waals surface area (Å²) in [6.07, 6.45) is 0.872. The normalized spacial score (nSPS) is 19.1. The van der Waals surface area contributed by atoms with E-state index in [1.165, 1.54) is 5.56 Å². The minimum atomic E-state index is 0.168. The molecule has 1 fully saturated rings. The summed E-state index contributed by atoms with van der Waals surface area (Å²) in [6, 6.07) is 8.32. The molecule has 18 heavy (non-hydrogen) atoms. The molecule has 0 saturated carbocycles. The highest BCUT2D eigenvalue weighted by atomic mass is 16.2. The van der Waals surface area contributed by atoms with Crippen molar-refractivity contribution >= 4 is 11.6 Å². The van der Waals surface area contributed by atoms with Crippen LogP contribution in [0, 0.1) is 0 Å². The summed E-state index contributed by atoms with van der Waals surface area (Å²) >= 11 is 0. The molecule has 0 radical (unpaired) electrons. The predicted octanol–water partition coefficient (Wildman–Crippen LogP) is 0.855. The number of nitrogens with zero attached hydrogens (tertiary/aromatic N) is 2. The molecule has 0 bridgehead atoms. The second-order valence-corrected chi connectivity index (χ2v) is 5.13. The Kier molecular flexibility index (Phi) is 3.99. The van der Waals surface area contributed by atoms with E-state index in [1.807, 2.05) is 35.9 Å². The van der Waals surface area contributed by atoms with E-state index in [1.54, 1.807) is 0 Å². The van der Waals surface area contributed by atoms with E-state index in [9.17, 15) is 4.79 Å². The highest BCUT2D eigenvalue weighted by Gasteiger charge is 2.22. The zero-order valence-corrected chi connectivity index (χ0v) is 11.1. The van der Waals surface area contributed by atoms with Gasteiger partial charge in [0, 0.05) is 24.8 Å². The molecule has 1 aromatic rings. The van der Waals surface area contributed by atoms with Gasteiger partial charge in [0.05, 0.1) is 6.54 Å². The monoisotopic (exact) mass is 247 g/mol. The zero-order chi connectivity index (χ0) is 13.1. The molecule has 1 aliphatic rings. The van der Waals surface area contributed by atoms with E-state index in [0.717, 1.165) is 25.2 Å². The van der Waals surface area contributed by atoms with E-state index >= 15 is 0 Å². The second kappa shape index (κ2) is 5.50. The predicted molar refractivity (Wildman–Crippen MR) is 73.6 cm³/mol. The van der Waals surface area contributed by atoms with Crippen LogP contribution in [0.4, 0.5) is 5.69 Å². The standard InChI is InChI=1S/C14H21N3O/c1-11(15)9-12-3-5-13(6-4-12)17-8-7-16(2)10-14(17)18/h3-6,11H,7-10,15H2,1-2H3. The lowest BCUT2D eigenvalue weighted by atomic mass is 10.1. The summed E-state index contributed by atoms with van der Waals surface area (Å²) in [5, 5.41) is 0. The summed E-state index contributed by atoms with van der Waals surface area (Å²) in [4.78, 5) is 15.8. The van der Waals surface area contributed by atoms with Crippen LogP contribution in [0.25, 0.3) is 0 Å². The third-order valence-electron chi connectivity index (χ3n) is 3.22. The van der Waals surface area contributed by atoms with Crippen molar-refractivity contribution < 1.29 is 4.79 Å². The van der Waals surface area contributed by atoms with Crippen LogP contribution in [-0.2, 0) is 11.2 Å². The molecule has 0 aromatic heterocycles. The van der Waals surface area contributed by atoms with Crippen molar-refractivity contribution in [1.29, 1.82) is 0 Å². The minimum absolute atomic E-state index is 0.168. The molecule has 1 aromatic carbocycles. The first-order valence-electron chi connectivity index (χ1n) is 6.39. The Hall–Kier alpha value is -1.39. The molecule has 1 heterocycles. The van der Waals surface area contributed by atoms with Crippen LogP contribution in [-0.4, -0.2) is 43.5 Å². The third kappa shape index (κ3) is 3.09. The van der Waals surface area contributed by atoms with Crippen molar-refractivity contribution in [2.45, 2.75) is 19.4 Å². The van der Waals surface area contributed by atoms with Gasteiger partial charge in [-0.2, -0.15) is 0 Å². The Morgan fingerprint density at radius 1 is 1.28 bits per heavy atom. The van der Waals surface area contributed by atoms with Gasteiger partial charge in [-0.15, -0.1) is 0 Å². The number of anilines is 1. The molecule has 98 valence electrons. The average molecular weight is 247 g/mol. The molecule has 1 amide bonds. The van der Waals surface area contributed by atoms with Gasteiger partial charge in [-0.25, -0.2) is 0 Å². The van der Waals surface area contributed by atoms with Crippen molar-refractivity contribution in [1.82, 2.24) is 4.90 Å². The second-order valence-electron chi connectivity index (χ2n) is 5.13. The Labute approximate surface area is 108 Å². The summed E-state index contributed by atoms with van der Waals surface area (Å²) in [6.45, 7) is 4.19. The molecule has 1 atom stereocenters. The molecule has 0 aliphatic carbocycles. The van der Waals surface area contributed by atoms with Crippen LogP contribution >= 0.6 is 0 Å². The molecule has 0 spiro atoms. The van der Waals surface area contributed by atoms with Gasteiger partial charge < -0.3 is 10.6 Å². The fraction of sp³-hybridized carbons (Fsp3) is 0.500. The van der Waals surface area contributed by atoms with Crippen LogP contribution in [0.1, 0.15) is 12.5 Å². The van der Waals surface area contributed by atoms with Gasteiger partial charge in [0.15, 0.2) is 0 Å². The Bertz CT molecular complexity index is 414. The first-order valence-corrected chi connectivity index (χ1v) is 6.39. The van der Waals surface area contributed by atoms with Crippen LogP contribution in [0.15, 0.2) is 24.3 Å². The van der Waals surface area contributed by atoms with Gasteiger partial charge in [-0.1, -0.05) is 12.1 Å². The van der Waals surface area contributed by atoms with E-state index < -0.39 is 0 Å². The maximum Gasteiger partial charge on any atom is 0.241 e. The topological polar surface area (TPSA) is 49.6 Å². The summed E-state index contributed by atoms with van der Waals surface area (Å²) in [5.41, 5.74) is 7.98. The molecule has 2 rings (SSSR count). The van der Waals surface area contributed by atoms with Crippen LogP contribution < -0.4 is 10.6 Å². The lowest BCUT2D eigenvalue weighted by Gasteiger charge is -2.32. The highest BCUT2D eigenvalue weighted by molar-refractivity contribution is 5.95. The number of carbonyl (C=O) groups is 1. The third-order valence-corrected chi connectivity index (χ3v) is 3.22. The van der Waals surface area contributed by atoms with E-state index in [0.29, 0.717) is 6.54 Å². The number of likely N-dealkylation sites (N-methyl/N-ethyl adjacent to an activating group) is 1. The Balaban J connectivity index is 2.07. The van der Waals surface area contributed by atoms with E-state index in [-0.39, 0.29) is 11.9 Å². The Morgan fingerprint density at radius 3 is 2.50 bits per heavy atom. The smallest absolute Gasteiger partial charge is 0.241 e. The number of carbonyl (C=O) groups excluding carboxylic acids is 1. The number of benzene rings is 1. The van der Waals surface area contributed by atoms with E-state index in [4.69, 9.17) is 5.73 Å². The Morgan fingerprint density at radius 2 is 1.94 bits per heavy atom. The van der Waals surface area contributed by atoms with Crippen LogP contribution in [0.3, 0.4) is 0 Å². The molecule has 1 saturated heterocycles. The lowest BCUT2D eigenvalue weighted by molar-refractivity contribution is -0.120. The molecular formula is C14H21N3O. The molecular weight excluding hydrogens is 226 g/mol. The van der Waals surface area contributed by atoms with Gasteiger partial charge in [0.25, 0.3) is 0 Å². The molecule has 4 heteroatoms. The maximum absolute atomic E-state index is 11.9. The fourth-order valence-electron chi connectivity index (χ4n) is 2.25. The first-order chi connectivity index (χ1) is 8.56. The number of amides is 1. The average Bonchev–Trinajstić information content (AvgIpc) is 2.30. The van der Waals surface area contributed by atoms with Crippen molar-refractivity contribution in [3.05, 3.63) is 29.8 Å². The minimum Gasteiger partial charge on any atom is -0.328 e. The first kappa shape index (κ1) is 13.1. The van der Waals surface area contributed by atoms with Crippen LogP contribution in [0.5, 0.6) is 0 Å². The van der Waals surface area contributed by atoms with Gasteiger partial charge in [0.1, 0.15) is 0 Å². The molecule has 4 nitrogen and oxygen atoms in total. The molecule has 2 N–H and O–H groups in total. The number of hydrogen-bond acceptors (Lipinski definition) is 3. The quantitative estimate of drug-likeness (QED) is 0.861. The van der Waals surface area contributed by atoms with E-state index in [2.05, 4.69) is 12.1 Å². The largest absolute Gasteiger partial charge is 0.328 e. The van der Waals surface area contributed by atoms with Gasteiger partial charge in [-0.3, -0.25) is 9.69 Å². The van der Waals surface area contributed by atoms with Gasteiger partial charge in [-0.05, 0) is 38.1 Å². The van der Waals surface area contributed by atoms with Crippen molar-refractivity contribution in [2.24, 2.45) is 5.73 Å². The van der Waals surface area contributed by atoms with Crippen LogP contribution in [0.2, 0.25) is 0 Å². The molecule has 1 unspecified atom stereocenters. The van der Waals surface area contributed by atoms with Crippen molar-refractivity contribution in [3.8, 4) is 0 Å². The number of piperazine rings is 1. The van der Waals surface area contributed by atoms with Crippen molar-refractivity contribution in [2.75, 3.05) is 31.6 Å². The summed E-state index contributed by atoms with van der Waals surface area (Å²) in [5.74, 6) is 0.170. The summed E-state index contributed by atoms with van der Waals surface area (Å²) < 4.78 is 0. The number of nitrogens with two attached hydrogens (primary N) is 1. The SMILES string of the molecule is CC(N)Cc1ccc(N2CCN(C)CC2=O)cc1. The number of rotatable bonds is 3. The number of hydrogen-bond donors (Lipinski definition) is 1. The lowest BCUT2D eigenvalue weighted by Crippen LogP contribution is -2.48. The van der Waals surface area contributed by atoms with Gasteiger partial charge in [0.2, 0.25) is 5.91 Å². The molecule has 1 aliphatic heterocycles. The zero-order valence-electron chi connectivity index (χ0n) is 11.1. The fourth-order valence-corrected chi connectivity index (χ4v) is 2.25. The maximum atomic E-state index is 11.9. The van der Waals surface area contributed by atoms with Gasteiger partial charge >= 0.3 is 0 Å². The highest BCUT2D eigenvalue weighted by Crippen LogP contribution is 2.18. The summed E-state index contributed by atoms with van der Waals surface area (Å²) in [7, 11) is 1.97. The van der Waals surface area contributed by atoms with Crippen molar-refractivity contribution in [3.63, 3.8) is 0 Å².